The molecule has 212 valence electrons. The number of amides is 1. The Kier molecular flexibility index (Phi) is 9.07. The number of carbonyl (C=O) groups excluding carboxylic acids is 1. The number of unbranched alkanes of at least 4 members (excludes halogenated alkanes) is 3. The SMILES string of the molecule is CCCCCCNS(=O)(=O)c1ccc(NC(=O)CSc2nnc(-n3nnc4ccccc43)n2-c2ccccc2)cc1. The van der Waals surface area contributed by atoms with Crippen LogP contribution in [0.2, 0.25) is 0 Å². The molecule has 3 aromatic carbocycles. The Balaban J connectivity index is 1.26. The Morgan fingerprint density at radius 1 is 0.878 bits per heavy atom. The summed E-state index contributed by atoms with van der Waals surface area (Å²) in [7, 11) is -3.60. The van der Waals surface area contributed by atoms with Crippen molar-refractivity contribution in [1.29, 1.82) is 0 Å². The van der Waals surface area contributed by atoms with Gasteiger partial charge in [-0.2, -0.15) is 4.68 Å². The number of thioether (sulfide) groups is 1. The van der Waals surface area contributed by atoms with Gasteiger partial charge in [-0.25, -0.2) is 13.1 Å². The Morgan fingerprint density at radius 3 is 2.41 bits per heavy atom. The molecule has 11 nitrogen and oxygen atoms in total. The predicted molar refractivity (Wildman–Crippen MR) is 159 cm³/mol. The van der Waals surface area contributed by atoms with Crippen LogP contribution in [-0.2, 0) is 14.8 Å². The number of benzene rings is 3. The minimum absolute atomic E-state index is 0.0580. The van der Waals surface area contributed by atoms with Gasteiger partial charge >= 0.3 is 0 Å². The first kappa shape index (κ1) is 28.5. The Morgan fingerprint density at radius 2 is 1.63 bits per heavy atom. The first-order valence-electron chi connectivity index (χ1n) is 13.3. The van der Waals surface area contributed by atoms with Crippen LogP contribution in [0.25, 0.3) is 22.7 Å². The van der Waals surface area contributed by atoms with Gasteiger partial charge in [-0.1, -0.05) is 73.5 Å². The van der Waals surface area contributed by atoms with Crippen LogP contribution in [0.1, 0.15) is 32.6 Å². The van der Waals surface area contributed by atoms with Crippen molar-refractivity contribution in [2.45, 2.75) is 42.7 Å². The number of hydrogen-bond acceptors (Lipinski definition) is 8. The summed E-state index contributed by atoms with van der Waals surface area (Å²) in [5, 5.41) is 20.5. The normalized spacial score (nSPS) is 11.6. The van der Waals surface area contributed by atoms with E-state index in [9.17, 15) is 13.2 Å². The maximum Gasteiger partial charge on any atom is 0.259 e. The molecule has 0 saturated carbocycles. The van der Waals surface area contributed by atoms with Crippen molar-refractivity contribution in [2.24, 2.45) is 0 Å². The molecule has 2 heterocycles. The van der Waals surface area contributed by atoms with Gasteiger partial charge in [0.25, 0.3) is 5.95 Å². The Bertz CT molecular complexity index is 1720. The number of nitrogens with one attached hydrogen (secondary N) is 2. The van der Waals surface area contributed by atoms with E-state index >= 15 is 0 Å². The molecule has 0 atom stereocenters. The standard InChI is InChI=1S/C28H30N8O3S2/c1-2-3-4-10-19-29-41(38,39)23-17-15-21(16-18-23)30-26(37)20-40-28-33-32-27(35(28)22-11-6-5-7-12-22)36-25-14-9-8-13-24(25)31-34-36/h5-9,11-18,29H,2-4,10,19-20H2,1H3,(H,30,37). The fraction of sp³-hybridized carbons (Fsp3) is 0.250. The monoisotopic (exact) mass is 590 g/mol. The molecule has 2 aromatic heterocycles. The molecular formula is C28H30N8O3S2. The van der Waals surface area contributed by atoms with Crippen LogP contribution in [0, 0.1) is 0 Å². The second-order valence-corrected chi connectivity index (χ2v) is 12.0. The van der Waals surface area contributed by atoms with Crippen molar-refractivity contribution in [2.75, 3.05) is 17.6 Å². The lowest BCUT2D eigenvalue weighted by Crippen LogP contribution is -2.24. The molecule has 41 heavy (non-hydrogen) atoms. The van der Waals surface area contributed by atoms with Gasteiger partial charge in [0.1, 0.15) is 5.52 Å². The molecule has 1 amide bonds. The van der Waals surface area contributed by atoms with Gasteiger partial charge in [0, 0.05) is 12.2 Å². The average Bonchev–Trinajstić information content (AvgIpc) is 3.61. The number of sulfonamides is 1. The van der Waals surface area contributed by atoms with Gasteiger partial charge < -0.3 is 5.32 Å². The van der Waals surface area contributed by atoms with Crippen molar-refractivity contribution in [1.82, 2.24) is 34.5 Å². The van der Waals surface area contributed by atoms with Gasteiger partial charge in [-0.05, 0) is 55.0 Å². The first-order chi connectivity index (χ1) is 20.0. The zero-order valence-corrected chi connectivity index (χ0v) is 24.1. The molecule has 0 aliphatic rings. The minimum Gasteiger partial charge on any atom is -0.325 e. The number of anilines is 1. The van der Waals surface area contributed by atoms with E-state index in [1.807, 2.05) is 59.2 Å². The summed E-state index contributed by atoms with van der Waals surface area (Å²) in [6, 6.07) is 23.3. The van der Waals surface area contributed by atoms with Crippen molar-refractivity contribution in [3.05, 3.63) is 78.9 Å². The number of para-hydroxylation sites is 2. The van der Waals surface area contributed by atoms with E-state index in [4.69, 9.17) is 0 Å². The minimum atomic E-state index is -3.60. The van der Waals surface area contributed by atoms with Crippen LogP contribution in [0.3, 0.4) is 0 Å². The van der Waals surface area contributed by atoms with E-state index < -0.39 is 10.0 Å². The molecule has 0 aliphatic heterocycles. The molecule has 0 saturated heterocycles. The van der Waals surface area contributed by atoms with Gasteiger partial charge in [0.05, 0.1) is 21.9 Å². The van der Waals surface area contributed by atoms with Crippen LogP contribution < -0.4 is 10.0 Å². The number of hydrogen-bond donors (Lipinski definition) is 2. The summed E-state index contributed by atoms with van der Waals surface area (Å²) in [5.74, 6) is 0.237. The van der Waals surface area contributed by atoms with E-state index in [-0.39, 0.29) is 16.6 Å². The number of aromatic nitrogens is 6. The number of carbonyl (C=O) groups is 1. The van der Waals surface area contributed by atoms with E-state index in [2.05, 4.69) is 37.5 Å². The molecule has 13 heteroatoms. The van der Waals surface area contributed by atoms with Gasteiger partial charge in [0.2, 0.25) is 15.9 Å². The maximum atomic E-state index is 12.8. The molecule has 2 N–H and O–H groups in total. The Labute approximate surface area is 242 Å². The van der Waals surface area contributed by atoms with E-state index in [1.165, 1.54) is 23.9 Å². The zero-order valence-electron chi connectivity index (χ0n) is 22.5. The largest absolute Gasteiger partial charge is 0.325 e. The van der Waals surface area contributed by atoms with Crippen LogP contribution in [0.5, 0.6) is 0 Å². The molecule has 0 radical (unpaired) electrons. The van der Waals surface area contributed by atoms with Gasteiger partial charge in [-0.3, -0.25) is 9.36 Å². The third-order valence-electron chi connectivity index (χ3n) is 6.28. The molecule has 0 unspecified atom stereocenters. The van der Waals surface area contributed by atoms with Crippen LogP contribution >= 0.6 is 11.8 Å². The maximum absolute atomic E-state index is 12.8. The highest BCUT2D eigenvalue weighted by atomic mass is 32.2. The highest BCUT2D eigenvalue weighted by Gasteiger charge is 2.20. The third-order valence-corrected chi connectivity index (χ3v) is 8.68. The van der Waals surface area contributed by atoms with Crippen molar-refractivity contribution in [3.63, 3.8) is 0 Å². The lowest BCUT2D eigenvalue weighted by atomic mass is 10.2. The zero-order chi connectivity index (χ0) is 28.7. The average molecular weight is 591 g/mol. The second-order valence-electron chi connectivity index (χ2n) is 9.26. The summed E-state index contributed by atoms with van der Waals surface area (Å²) in [6.45, 7) is 2.51. The van der Waals surface area contributed by atoms with Crippen LogP contribution in [-0.4, -0.2) is 56.4 Å². The van der Waals surface area contributed by atoms with Crippen molar-refractivity contribution < 1.29 is 13.2 Å². The Hall–Kier alpha value is -4.07. The summed E-state index contributed by atoms with van der Waals surface area (Å²) in [4.78, 5) is 13.0. The second kappa shape index (κ2) is 13.1. The quantitative estimate of drug-likeness (QED) is 0.150. The van der Waals surface area contributed by atoms with Crippen molar-refractivity contribution in [3.8, 4) is 11.6 Å². The third kappa shape index (κ3) is 6.81. The summed E-state index contributed by atoms with van der Waals surface area (Å²) in [6.07, 6.45) is 3.96. The first-order valence-corrected chi connectivity index (χ1v) is 15.8. The van der Waals surface area contributed by atoms with E-state index in [1.54, 1.807) is 16.8 Å². The van der Waals surface area contributed by atoms with Gasteiger partial charge in [-0.15, -0.1) is 15.3 Å². The summed E-state index contributed by atoms with van der Waals surface area (Å²) >= 11 is 1.22. The number of rotatable bonds is 13. The topological polar surface area (TPSA) is 137 Å². The smallest absolute Gasteiger partial charge is 0.259 e. The molecule has 0 spiro atoms. The number of fused-ring (bicyclic) bond motifs is 1. The predicted octanol–water partition coefficient (Wildman–Crippen LogP) is 4.59. The number of nitrogens with zero attached hydrogens (tertiary/aromatic N) is 6. The highest BCUT2D eigenvalue weighted by molar-refractivity contribution is 7.99. The van der Waals surface area contributed by atoms with Crippen LogP contribution in [0.4, 0.5) is 5.69 Å². The molecule has 0 aliphatic carbocycles. The molecule has 5 rings (SSSR count). The van der Waals surface area contributed by atoms with E-state index in [0.29, 0.717) is 23.3 Å². The lowest BCUT2D eigenvalue weighted by Gasteiger charge is -2.10. The molecule has 0 fully saturated rings. The van der Waals surface area contributed by atoms with Gasteiger partial charge in [0.15, 0.2) is 5.16 Å². The summed E-state index contributed by atoms with van der Waals surface area (Å²) < 4.78 is 31.2. The van der Waals surface area contributed by atoms with E-state index in [0.717, 1.165) is 42.4 Å². The highest BCUT2D eigenvalue weighted by Crippen LogP contribution is 2.26. The summed E-state index contributed by atoms with van der Waals surface area (Å²) in [5.41, 5.74) is 2.82. The lowest BCUT2D eigenvalue weighted by molar-refractivity contribution is -0.113. The molecule has 0 bridgehead atoms. The fourth-order valence-corrected chi connectivity index (χ4v) is 6.02. The molecular weight excluding hydrogens is 560 g/mol. The fourth-order valence-electron chi connectivity index (χ4n) is 4.20. The molecule has 5 aromatic rings. The van der Waals surface area contributed by atoms with Crippen LogP contribution in [0.15, 0.2) is 88.9 Å². The van der Waals surface area contributed by atoms with Crippen molar-refractivity contribution >= 4 is 44.4 Å².